The van der Waals surface area contributed by atoms with Gasteiger partial charge in [-0.05, 0) is 71.5 Å². The first-order valence-corrected chi connectivity index (χ1v) is 8.10. The fraction of sp³-hybridized carbons (Fsp3) is 0.0909. The van der Waals surface area contributed by atoms with Crippen molar-refractivity contribution in [2.24, 2.45) is 9.98 Å². The summed E-state index contributed by atoms with van der Waals surface area (Å²) in [7, 11) is 0. The Labute approximate surface area is 151 Å². The number of rotatable bonds is 4. The molecule has 3 aromatic carbocycles. The minimum atomic E-state index is 0.603. The summed E-state index contributed by atoms with van der Waals surface area (Å²) in [6.45, 7) is 3.98. The van der Waals surface area contributed by atoms with E-state index >= 15 is 0 Å². The van der Waals surface area contributed by atoms with Gasteiger partial charge < -0.3 is 0 Å². The molecule has 3 aromatic rings. The van der Waals surface area contributed by atoms with Crippen molar-refractivity contribution in [3.63, 3.8) is 0 Å². The molecule has 0 N–H and O–H groups in total. The lowest BCUT2D eigenvalue weighted by atomic mass is 9.95. The zero-order valence-electron chi connectivity index (χ0n) is 14.5. The molecule has 26 heavy (non-hydrogen) atoms. The first kappa shape index (κ1) is 17.2. The van der Waals surface area contributed by atoms with E-state index in [1.807, 2.05) is 38.1 Å². The molecule has 0 fully saturated rings. The molecule has 4 heteroatoms. The summed E-state index contributed by atoms with van der Waals surface area (Å²) in [6, 6.07) is 19.5. The Kier molecular flexibility index (Phi) is 5.00. The molecule has 4 nitrogen and oxygen atoms in total. The van der Waals surface area contributed by atoms with E-state index in [0.717, 1.165) is 33.4 Å². The first-order valence-electron chi connectivity index (χ1n) is 8.10. The molecule has 0 bridgehead atoms. The number of hydrogen-bond donors (Lipinski definition) is 0. The van der Waals surface area contributed by atoms with Crippen LogP contribution in [0.4, 0.5) is 11.4 Å². The average Bonchev–Trinajstić information content (AvgIpc) is 2.63. The van der Waals surface area contributed by atoms with Gasteiger partial charge in [-0.15, -0.1) is 0 Å². The van der Waals surface area contributed by atoms with E-state index in [1.165, 1.54) is 0 Å². The van der Waals surface area contributed by atoms with Gasteiger partial charge in [-0.1, -0.05) is 36.4 Å². The van der Waals surface area contributed by atoms with Gasteiger partial charge in [0.05, 0.1) is 11.4 Å². The van der Waals surface area contributed by atoms with Crippen LogP contribution >= 0.6 is 0 Å². The van der Waals surface area contributed by atoms with Gasteiger partial charge in [0.1, 0.15) is 0 Å². The number of carbonyl (C=O) groups excluding carboxylic acids is 2. The maximum absolute atomic E-state index is 10.4. The third-order valence-corrected chi connectivity index (χ3v) is 4.28. The monoisotopic (exact) mass is 340 g/mol. The van der Waals surface area contributed by atoms with Gasteiger partial charge in [-0.25, -0.2) is 9.59 Å². The Morgan fingerprint density at radius 3 is 1.31 bits per heavy atom. The summed E-state index contributed by atoms with van der Waals surface area (Å²) in [5.41, 5.74) is 7.66. The normalized spacial score (nSPS) is 9.92. The van der Waals surface area contributed by atoms with Crippen LogP contribution in [0.2, 0.25) is 0 Å². The van der Waals surface area contributed by atoms with Crippen molar-refractivity contribution < 1.29 is 9.59 Å². The fourth-order valence-corrected chi connectivity index (χ4v) is 3.02. The highest BCUT2D eigenvalue weighted by Gasteiger charge is 2.06. The van der Waals surface area contributed by atoms with E-state index in [2.05, 4.69) is 34.3 Å². The average molecular weight is 340 g/mol. The van der Waals surface area contributed by atoms with Crippen molar-refractivity contribution in [3.8, 4) is 22.3 Å². The van der Waals surface area contributed by atoms with Crippen LogP contribution in [0, 0.1) is 13.8 Å². The first-order chi connectivity index (χ1) is 12.6. The Morgan fingerprint density at radius 2 is 1.00 bits per heavy atom. The van der Waals surface area contributed by atoms with Crippen molar-refractivity contribution in [1.29, 1.82) is 0 Å². The zero-order chi connectivity index (χ0) is 18.5. The van der Waals surface area contributed by atoms with Gasteiger partial charge in [0, 0.05) is 0 Å². The van der Waals surface area contributed by atoms with Crippen molar-refractivity contribution in [2.45, 2.75) is 13.8 Å². The minimum absolute atomic E-state index is 0.603. The zero-order valence-corrected chi connectivity index (χ0v) is 14.5. The molecule has 3 rings (SSSR count). The summed E-state index contributed by atoms with van der Waals surface area (Å²) < 4.78 is 0. The third kappa shape index (κ3) is 3.57. The van der Waals surface area contributed by atoms with Crippen LogP contribution in [0.25, 0.3) is 22.3 Å². The van der Waals surface area contributed by atoms with Gasteiger partial charge in [0.25, 0.3) is 0 Å². The molecular weight excluding hydrogens is 324 g/mol. The highest BCUT2D eigenvalue weighted by molar-refractivity contribution is 5.75. The van der Waals surface area contributed by atoms with Crippen LogP contribution in [0.1, 0.15) is 11.1 Å². The van der Waals surface area contributed by atoms with Crippen LogP contribution in [0.3, 0.4) is 0 Å². The van der Waals surface area contributed by atoms with E-state index < -0.39 is 0 Å². The fourth-order valence-electron chi connectivity index (χ4n) is 3.02. The topological polar surface area (TPSA) is 58.9 Å². The number of isocyanates is 2. The molecule has 0 heterocycles. The molecule has 0 saturated carbocycles. The number of benzene rings is 3. The molecule has 0 radical (unpaired) electrons. The highest BCUT2D eigenvalue weighted by atomic mass is 16.1. The summed E-state index contributed by atoms with van der Waals surface area (Å²) in [4.78, 5) is 28.1. The summed E-state index contributed by atoms with van der Waals surface area (Å²) in [5.74, 6) is 0. The van der Waals surface area contributed by atoms with Crippen LogP contribution in [-0.4, -0.2) is 12.2 Å². The predicted molar refractivity (Wildman–Crippen MR) is 102 cm³/mol. The summed E-state index contributed by atoms with van der Waals surface area (Å²) in [5, 5.41) is 0. The second-order valence-electron chi connectivity index (χ2n) is 5.98. The molecule has 0 spiro atoms. The van der Waals surface area contributed by atoms with Crippen LogP contribution < -0.4 is 0 Å². The number of aliphatic imine (C=N–C) groups is 2. The van der Waals surface area contributed by atoms with E-state index in [-0.39, 0.29) is 0 Å². The Morgan fingerprint density at radius 1 is 0.615 bits per heavy atom. The Balaban J connectivity index is 1.94. The molecular formula is C22H16N2O2. The summed E-state index contributed by atoms with van der Waals surface area (Å²) in [6.07, 6.45) is 3.12. The van der Waals surface area contributed by atoms with Gasteiger partial charge in [-0.3, -0.25) is 0 Å². The molecule has 126 valence electrons. The lowest BCUT2D eigenvalue weighted by Crippen LogP contribution is -1.86. The van der Waals surface area contributed by atoms with Gasteiger partial charge >= 0.3 is 0 Å². The van der Waals surface area contributed by atoms with E-state index in [4.69, 9.17) is 0 Å². The van der Waals surface area contributed by atoms with E-state index in [1.54, 1.807) is 24.3 Å². The van der Waals surface area contributed by atoms with Crippen molar-refractivity contribution in [1.82, 2.24) is 0 Å². The lowest BCUT2D eigenvalue weighted by molar-refractivity contribution is 0.564. The molecule has 0 aliphatic rings. The molecule has 0 amide bonds. The number of nitrogens with zero attached hydrogens (tertiary/aromatic N) is 2. The molecule has 0 aliphatic heterocycles. The van der Waals surface area contributed by atoms with Crippen molar-refractivity contribution >= 4 is 23.5 Å². The van der Waals surface area contributed by atoms with Crippen LogP contribution in [0.5, 0.6) is 0 Å². The maximum atomic E-state index is 10.4. The lowest BCUT2D eigenvalue weighted by Gasteiger charge is -2.10. The van der Waals surface area contributed by atoms with Gasteiger partial charge in [0.2, 0.25) is 12.2 Å². The second-order valence-corrected chi connectivity index (χ2v) is 5.98. The second kappa shape index (κ2) is 7.54. The molecule has 0 atom stereocenters. The van der Waals surface area contributed by atoms with Crippen molar-refractivity contribution in [3.05, 3.63) is 71.8 Å². The summed E-state index contributed by atoms with van der Waals surface area (Å²) >= 11 is 0. The molecule has 0 aliphatic carbocycles. The molecule has 0 unspecified atom stereocenters. The largest absolute Gasteiger partial charge is 0.240 e. The van der Waals surface area contributed by atoms with Gasteiger partial charge in [-0.2, -0.15) is 9.98 Å². The van der Waals surface area contributed by atoms with E-state index in [9.17, 15) is 9.59 Å². The quantitative estimate of drug-likeness (QED) is 0.460. The van der Waals surface area contributed by atoms with Crippen molar-refractivity contribution in [2.75, 3.05) is 0 Å². The standard InChI is InChI=1S/C22H16N2O2/c1-15-11-19(23-13-25)7-9-21(15)17-3-5-18(6-4-17)22-10-8-20(24-14-26)12-16(22)2/h3-12H,1-2H3. The number of aryl methyl sites for hydroxylation is 2. The van der Waals surface area contributed by atoms with Crippen LogP contribution in [-0.2, 0) is 9.59 Å². The third-order valence-electron chi connectivity index (χ3n) is 4.28. The minimum Gasteiger partial charge on any atom is -0.211 e. The Hall–Kier alpha value is -3.58. The SMILES string of the molecule is Cc1cc(N=C=O)ccc1-c1ccc(-c2ccc(N=C=O)cc2C)cc1. The van der Waals surface area contributed by atoms with E-state index in [0.29, 0.717) is 11.4 Å². The highest BCUT2D eigenvalue weighted by Crippen LogP contribution is 2.31. The maximum Gasteiger partial charge on any atom is 0.240 e. The molecule has 0 aromatic heterocycles. The van der Waals surface area contributed by atoms with Crippen LogP contribution in [0.15, 0.2) is 70.6 Å². The number of hydrogen-bond acceptors (Lipinski definition) is 4. The Bertz CT molecular complexity index is 970. The van der Waals surface area contributed by atoms with Gasteiger partial charge in [0.15, 0.2) is 0 Å². The predicted octanol–water partition coefficient (Wildman–Crippen LogP) is 5.57. The smallest absolute Gasteiger partial charge is 0.211 e. The molecule has 0 saturated heterocycles.